The molecule has 0 aromatic carbocycles. The second-order valence-electron chi connectivity index (χ2n) is 30.1. The lowest BCUT2D eigenvalue weighted by Gasteiger charge is -2.21. The highest BCUT2D eigenvalue weighted by Crippen LogP contribution is 2.45. The van der Waals surface area contributed by atoms with Crippen LogP contribution in [0.4, 0.5) is 0 Å². The fourth-order valence-corrected chi connectivity index (χ4v) is 14.1. The maximum absolute atomic E-state index is 13.1. The van der Waals surface area contributed by atoms with Crippen LogP contribution in [0.1, 0.15) is 427 Å². The van der Waals surface area contributed by atoms with Crippen molar-refractivity contribution in [3.05, 3.63) is 0 Å². The third kappa shape index (κ3) is 74.3. The molecule has 17 nitrogen and oxygen atoms in total. The number of unbranched alkanes of at least 4 members (excludes halogenated alkanes) is 50. The van der Waals surface area contributed by atoms with E-state index in [1.807, 2.05) is 0 Å². The predicted molar refractivity (Wildman–Crippen MR) is 409 cm³/mol. The molecule has 100 heavy (non-hydrogen) atoms. The van der Waals surface area contributed by atoms with Crippen LogP contribution < -0.4 is 0 Å². The molecule has 0 aromatic heterocycles. The zero-order valence-corrected chi connectivity index (χ0v) is 67.3. The van der Waals surface area contributed by atoms with E-state index in [0.717, 1.165) is 102 Å². The molecule has 0 aliphatic heterocycles. The maximum atomic E-state index is 13.1. The minimum Gasteiger partial charge on any atom is -0.462 e. The average molecular weight is 1470 g/mol. The van der Waals surface area contributed by atoms with E-state index >= 15 is 0 Å². The standard InChI is InChI=1S/C81H158O17P2/c1-7-9-11-13-15-17-19-21-22-23-24-25-26-27-33-37-41-47-54-60-66-81(86)97-76(69-91-78(83)63-57-51-45-39-35-32-29-28-31-34-38-43-49-55-61-73(3)4)71-95-99(87,88)93-67-75(82)68-94-100(89,90)96-72-77(70-92-79(84)64-58-52-48-42-44-50-56-62-74(5)6)98-80(85)65-59-53-46-40-36-30-20-18-16-14-12-10-8-2/h73-77,82H,7-72H2,1-6H3,(H,87,88)(H,89,90)/t75-,76-,77-/m1/s1. The van der Waals surface area contributed by atoms with Gasteiger partial charge >= 0.3 is 39.5 Å². The van der Waals surface area contributed by atoms with Crippen LogP contribution in [0.5, 0.6) is 0 Å². The van der Waals surface area contributed by atoms with Crippen LogP contribution in [0.2, 0.25) is 0 Å². The summed E-state index contributed by atoms with van der Waals surface area (Å²) in [5.41, 5.74) is 0. The molecule has 0 amide bonds. The number of esters is 4. The van der Waals surface area contributed by atoms with Gasteiger partial charge in [-0.2, -0.15) is 0 Å². The first kappa shape index (κ1) is 98.1. The predicted octanol–water partition coefficient (Wildman–Crippen LogP) is 24.3. The first-order valence-corrected chi connectivity index (χ1v) is 45.0. The van der Waals surface area contributed by atoms with Gasteiger partial charge in [-0.1, -0.05) is 375 Å². The van der Waals surface area contributed by atoms with Crippen molar-refractivity contribution in [3.8, 4) is 0 Å². The molecular formula is C81H158O17P2. The number of hydrogen-bond acceptors (Lipinski definition) is 15. The van der Waals surface area contributed by atoms with E-state index in [2.05, 4.69) is 41.5 Å². The Morgan fingerprint density at radius 1 is 0.270 bits per heavy atom. The Bertz CT molecular complexity index is 1920. The van der Waals surface area contributed by atoms with Gasteiger partial charge < -0.3 is 33.8 Å². The van der Waals surface area contributed by atoms with Gasteiger partial charge in [-0.3, -0.25) is 37.3 Å². The lowest BCUT2D eigenvalue weighted by atomic mass is 10.0. The van der Waals surface area contributed by atoms with E-state index in [1.54, 1.807) is 0 Å². The molecule has 5 atom stereocenters. The number of aliphatic hydroxyl groups excluding tert-OH is 1. The summed E-state index contributed by atoms with van der Waals surface area (Å²) < 4.78 is 68.7. The van der Waals surface area contributed by atoms with E-state index in [9.17, 15) is 43.2 Å². The second-order valence-corrected chi connectivity index (χ2v) is 33.0. The molecule has 0 rings (SSSR count). The van der Waals surface area contributed by atoms with Crippen LogP contribution >= 0.6 is 15.6 Å². The van der Waals surface area contributed by atoms with Gasteiger partial charge in [-0.15, -0.1) is 0 Å². The summed E-state index contributed by atoms with van der Waals surface area (Å²) in [6.07, 6.45) is 62.5. The average Bonchev–Trinajstić information content (AvgIpc) is 0.914. The Labute approximate surface area is 613 Å². The van der Waals surface area contributed by atoms with Crippen LogP contribution in [-0.4, -0.2) is 96.7 Å². The number of aliphatic hydroxyl groups is 1. The highest BCUT2D eigenvalue weighted by molar-refractivity contribution is 7.47. The van der Waals surface area contributed by atoms with Crippen molar-refractivity contribution < 1.29 is 80.2 Å². The number of rotatable bonds is 80. The molecule has 19 heteroatoms. The second kappa shape index (κ2) is 72.6. The monoisotopic (exact) mass is 1470 g/mol. The molecule has 0 fully saturated rings. The quantitative estimate of drug-likeness (QED) is 0.0222. The molecule has 0 spiro atoms. The summed E-state index contributed by atoms with van der Waals surface area (Å²) in [4.78, 5) is 73.0. The molecular weight excluding hydrogens is 1310 g/mol. The van der Waals surface area contributed by atoms with Crippen LogP contribution in [-0.2, 0) is 65.4 Å². The first-order chi connectivity index (χ1) is 48.4. The smallest absolute Gasteiger partial charge is 0.462 e. The van der Waals surface area contributed by atoms with Gasteiger partial charge in [0.25, 0.3) is 0 Å². The van der Waals surface area contributed by atoms with Crippen molar-refractivity contribution in [2.24, 2.45) is 11.8 Å². The van der Waals surface area contributed by atoms with Gasteiger partial charge in [-0.05, 0) is 37.5 Å². The van der Waals surface area contributed by atoms with Crippen molar-refractivity contribution in [2.75, 3.05) is 39.6 Å². The lowest BCUT2D eigenvalue weighted by molar-refractivity contribution is -0.161. The van der Waals surface area contributed by atoms with Gasteiger partial charge in [0.2, 0.25) is 0 Å². The Morgan fingerprint density at radius 3 is 0.680 bits per heavy atom. The summed E-state index contributed by atoms with van der Waals surface area (Å²) in [6, 6.07) is 0. The fourth-order valence-electron chi connectivity index (χ4n) is 12.5. The highest BCUT2D eigenvalue weighted by Gasteiger charge is 2.30. The number of carbonyl (C=O) groups is 4. The van der Waals surface area contributed by atoms with E-state index < -0.39 is 97.5 Å². The maximum Gasteiger partial charge on any atom is 0.472 e. The number of phosphoric ester groups is 2. The largest absolute Gasteiger partial charge is 0.472 e. The minimum absolute atomic E-state index is 0.107. The fraction of sp³-hybridized carbons (Fsp3) is 0.951. The third-order valence-electron chi connectivity index (χ3n) is 19.0. The molecule has 0 aliphatic carbocycles. The molecule has 2 unspecified atom stereocenters. The Hall–Kier alpha value is -1.94. The van der Waals surface area contributed by atoms with Crippen molar-refractivity contribution in [3.63, 3.8) is 0 Å². The molecule has 3 N–H and O–H groups in total. The van der Waals surface area contributed by atoms with Gasteiger partial charge in [0.05, 0.1) is 26.4 Å². The normalized spacial score (nSPS) is 13.9. The lowest BCUT2D eigenvalue weighted by Crippen LogP contribution is -2.30. The Morgan fingerprint density at radius 2 is 0.460 bits per heavy atom. The highest BCUT2D eigenvalue weighted by atomic mass is 31.2. The molecule has 0 saturated carbocycles. The van der Waals surface area contributed by atoms with Gasteiger partial charge in [-0.25, -0.2) is 9.13 Å². The van der Waals surface area contributed by atoms with E-state index in [1.165, 1.54) is 238 Å². The van der Waals surface area contributed by atoms with E-state index in [4.69, 9.17) is 37.0 Å². The zero-order chi connectivity index (χ0) is 73.5. The SMILES string of the molecule is CCCCCCCCCCCCCCCCCCCCCCC(=O)O[C@H](COC(=O)CCCCCCCCCCCCCCCCC(C)C)COP(=O)(O)OC[C@@H](O)COP(=O)(O)OC[C@@H](COC(=O)CCCCCCCCCC(C)C)OC(=O)CCCCCCCCCCCCCCC. The number of carbonyl (C=O) groups excluding carboxylic acids is 4. The van der Waals surface area contributed by atoms with Crippen molar-refractivity contribution in [1.29, 1.82) is 0 Å². The van der Waals surface area contributed by atoms with Crippen LogP contribution in [0.3, 0.4) is 0 Å². The first-order valence-electron chi connectivity index (χ1n) is 42.0. The van der Waals surface area contributed by atoms with E-state index in [-0.39, 0.29) is 25.7 Å². The number of phosphoric acid groups is 2. The topological polar surface area (TPSA) is 237 Å². The number of ether oxygens (including phenoxy) is 4. The summed E-state index contributed by atoms with van der Waals surface area (Å²) in [7, 11) is -9.92. The van der Waals surface area contributed by atoms with Gasteiger partial charge in [0.15, 0.2) is 12.2 Å². The Balaban J connectivity index is 5.23. The van der Waals surface area contributed by atoms with Gasteiger partial charge in [0, 0.05) is 25.7 Å². The molecule has 0 heterocycles. The van der Waals surface area contributed by atoms with Crippen LogP contribution in [0.15, 0.2) is 0 Å². The molecule has 0 radical (unpaired) electrons. The van der Waals surface area contributed by atoms with Gasteiger partial charge in [0.1, 0.15) is 19.3 Å². The van der Waals surface area contributed by atoms with Crippen molar-refractivity contribution in [2.45, 2.75) is 445 Å². The summed E-state index contributed by atoms with van der Waals surface area (Å²) in [5, 5.41) is 10.6. The molecule has 0 aromatic rings. The van der Waals surface area contributed by atoms with Crippen LogP contribution in [0, 0.1) is 11.8 Å². The minimum atomic E-state index is -4.96. The molecule has 0 aliphatic rings. The molecule has 0 saturated heterocycles. The van der Waals surface area contributed by atoms with Crippen molar-refractivity contribution >= 4 is 39.5 Å². The van der Waals surface area contributed by atoms with Crippen molar-refractivity contribution in [1.82, 2.24) is 0 Å². The molecule has 0 bridgehead atoms. The van der Waals surface area contributed by atoms with E-state index in [0.29, 0.717) is 31.6 Å². The zero-order valence-electron chi connectivity index (χ0n) is 65.5. The summed E-state index contributed by atoms with van der Waals surface area (Å²) in [5.74, 6) is -0.605. The van der Waals surface area contributed by atoms with Crippen LogP contribution in [0.25, 0.3) is 0 Å². The third-order valence-corrected chi connectivity index (χ3v) is 20.9. The Kier molecular flexibility index (Phi) is 71.2. The molecule has 594 valence electrons. The number of hydrogen-bond donors (Lipinski definition) is 3. The summed E-state index contributed by atoms with van der Waals surface area (Å²) in [6.45, 7) is 9.60. The summed E-state index contributed by atoms with van der Waals surface area (Å²) >= 11 is 0.